The van der Waals surface area contributed by atoms with Crippen molar-refractivity contribution in [1.82, 2.24) is 14.7 Å². The predicted molar refractivity (Wildman–Crippen MR) is 111 cm³/mol. The van der Waals surface area contributed by atoms with E-state index >= 15 is 0 Å². The van der Waals surface area contributed by atoms with E-state index in [0.717, 1.165) is 15.8 Å². The summed E-state index contributed by atoms with van der Waals surface area (Å²) in [6.45, 7) is 1.57. The zero-order valence-electron chi connectivity index (χ0n) is 16.9. The van der Waals surface area contributed by atoms with E-state index in [9.17, 15) is 14.4 Å². The first-order chi connectivity index (χ1) is 14.4. The van der Waals surface area contributed by atoms with E-state index in [2.05, 4.69) is 5.10 Å². The molecule has 156 valence electrons. The number of aryl methyl sites for hydroxylation is 1. The van der Waals surface area contributed by atoms with Crippen molar-refractivity contribution in [2.24, 2.45) is 0 Å². The molecule has 0 atom stereocenters. The van der Waals surface area contributed by atoms with Gasteiger partial charge in [-0.2, -0.15) is 5.10 Å². The molecule has 0 aliphatic heterocycles. The molecule has 0 fully saturated rings. The maximum absolute atomic E-state index is 12.6. The molecule has 8 heteroatoms. The summed E-state index contributed by atoms with van der Waals surface area (Å²) in [5.74, 6) is -1.17. The fourth-order valence-corrected chi connectivity index (χ4v) is 2.99. The number of nitrogens with zero attached hydrogens (tertiary/aromatic N) is 3. The molecular weight excluding hydrogens is 386 g/mol. The molecule has 0 saturated carbocycles. The van der Waals surface area contributed by atoms with E-state index in [-0.39, 0.29) is 30.1 Å². The minimum Gasteiger partial charge on any atom is -0.451 e. The minimum atomic E-state index is -0.810. The van der Waals surface area contributed by atoms with Crippen molar-refractivity contribution in [3.63, 3.8) is 0 Å². The molecule has 1 aromatic heterocycles. The first kappa shape index (κ1) is 21.2. The summed E-state index contributed by atoms with van der Waals surface area (Å²) in [5.41, 5.74) is 1.60. The number of amides is 1. The molecule has 1 amide bonds. The van der Waals surface area contributed by atoms with Crippen LogP contribution in [0.5, 0.6) is 0 Å². The maximum Gasteiger partial charge on any atom is 0.359 e. The van der Waals surface area contributed by atoms with Gasteiger partial charge in [-0.1, -0.05) is 48.0 Å². The fourth-order valence-electron chi connectivity index (χ4n) is 2.99. The van der Waals surface area contributed by atoms with Crippen LogP contribution in [0.15, 0.2) is 53.3 Å². The van der Waals surface area contributed by atoms with Crippen molar-refractivity contribution < 1.29 is 19.4 Å². The van der Waals surface area contributed by atoms with Gasteiger partial charge < -0.3 is 14.7 Å². The van der Waals surface area contributed by atoms with Crippen molar-refractivity contribution >= 4 is 22.6 Å². The Morgan fingerprint density at radius 3 is 2.43 bits per heavy atom. The second-order valence-electron chi connectivity index (χ2n) is 6.96. The van der Waals surface area contributed by atoms with Crippen LogP contribution < -0.4 is 5.56 Å². The first-order valence-corrected chi connectivity index (χ1v) is 9.48. The lowest BCUT2D eigenvalue weighted by molar-refractivity contribution is -0.133. The highest BCUT2D eigenvalue weighted by Crippen LogP contribution is 2.14. The number of likely N-dealkylation sites (N-methyl/N-ethyl adjacent to an activating group) is 1. The number of carbonyl (C=O) groups excluding carboxylic acids is 2. The molecule has 1 N–H and O–H groups in total. The van der Waals surface area contributed by atoms with Gasteiger partial charge >= 0.3 is 5.97 Å². The van der Waals surface area contributed by atoms with Gasteiger partial charge in [0.05, 0.1) is 18.5 Å². The van der Waals surface area contributed by atoms with Crippen LogP contribution in [-0.2, 0) is 22.6 Å². The molecule has 30 heavy (non-hydrogen) atoms. The Balaban J connectivity index is 1.73. The van der Waals surface area contributed by atoms with E-state index < -0.39 is 18.1 Å². The number of fused-ring (bicyclic) bond motifs is 1. The highest BCUT2D eigenvalue weighted by atomic mass is 16.5. The lowest BCUT2D eigenvalue weighted by Crippen LogP contribution is -2.32. The third-order valence-electron chi connectivity index (χ3n) is 4.67. The fraction of sp³-hybridized carbons (Fsp3) is 0.273. The molecule has 0 unspecified atom stereocenters. The van der Waals surface area contributed by atoms with Gasteiger partial charge in [0, 0.05) is 19.0 Å². The van der Waals surface area contributed by atoms with Crippen LogP contribution in [0.1, 0.15) is 21.6 Å². The van der Waals surface area contributed by atoms with Crippen LogP contribution in [0.25, 0.3) is 10.8 Å². The van der Waals surface area contributed by atoms with E-state index in [1.807, 2.05) is 31.2 Å². The van der Waals surface area contributed by atoms with Gasteiger partial charge in [0.15, 0.2) is 12.3 Å². The maximum atomic E-state index is 12.6. The molecule has 8 nitrogen and oxygen atoms in total. The first-order valence-electron chi connectivity index (χ1n) is 9.48. The quantitative estimate of drug-likeness (QED) is 0.594. The second kappa shape index (κ2) is 9.32. The topological polar surface area (TPSA) is 102 Å². The van der Waals surface area contributed by atoms with Crippen LogP contribution in [0.4, 0.5) is 0 Å². The Kier molecular flexibility index (Phi) is 6.58. The molecule has 0 aliphatic rings. The summed E-state index contributed by atoms with van der Waals surface area (Å²) in [6.07, 6.45) is 0. The summed E-state index contributed by atoms with van der Waals surface area (Å²) in [5, 5.41) is 13.8. The number of rotatable bonds is 7. The SMILES string of the molecule is Cc1ccc(CN(C)C(=O)COC(=O)c2nn(CCO)c(=O)c3ccccc23)cc1. The number of hydrogen-bond acceptors (Lipinski definition) is 6. The molecule has 1 heterocycles. The molecule has 3 aromatic rings. The standard InChI is InChI=1S/C22H23N3O5/c1-15-7-9-16(10-8-15)13-24(2)19(27)14-30-22(29)20-17-5-3-4-6-18(17)21(28)25(23-20)11-12-26/h3-10,26H,11-14H2,1-2H3. The van der Waals surface area contributed by atoms with Crippen molar-refractivity contribution in [2.45, 2.75) is 20.0 Å². The number of hydrogen-bond donors (Lipinski definition) is 1. The van der Waals surface area contributed by atoms with Crippen molar-refractivity contribution in [1.29, 1.82) is 0 Å². The summed E-state index contributed by atoms with van der Waals surface area (Å²) in [6, 6.07) is 14.3. The lowest BCUT2D eigenvalue weighted by atomic mass is 10.1. The average Bonchev–Trinajstić information content (AvgIpc) is 2.75. The van der Waals surface area contributed by atoms with Crippen molar-refractivity contribution in [3.05, 3.63) is 75.7 Å². The Bertz CT molecular complexity index is 1120. The third kappa shape index (κ3) is 4.72. The normalized spacial score (nSPS) is 10.8. The highest BCUT2D eigenvalue weighted by Gasteiger charge is 2.20. The van der Waals surface area contributed by atoms with Gasteiger partial charge in [0.1, 0.15) is 0 Å². The molecular formula is C22H23N3O5. The smallest absolute Gasteiger partial charge is 0.359 e. The van der Waals surface area contributed by atoms with Crippen LogP contribution >= 0.6 is 0 Å². The van der Waals surface area contributed by atoms with Crippen molar-refractivity contribution in [3.8, 4) is 0 Å². The largest absolute Gasteiger partial charge is 0.451 e. The van der Waals surface area contributed by atoms with Gasteiger partial charge in [-0.15, -0.1) is 0 Å². The summed E-state index contributed by atoms with van der Waals surface area (Å²) < 4.78 is 6.20. The monoisotopic (exact) mass is 409 g/mol. The predicted octanol–water partition coefficient (Wildman–Crippen LogP) is 1.51. The van der Waals surface area contributed by atoms with Gasteiger partial charge in [0.2, 0.25) is 0 Å². The summed E-state index contributed by atoms with van der Waals surface area (Å²) in [4.78, 5) is 38.9. The Morgan fingerprint density at radius 1 is 1.10 bits per heavy atom. The number of aromatic nitrogens is 2. The number of ether oxygens (including phenoxy) is 1. The minimum absolute atomic E-state index is 0.0534. The van der Waals surface area contributed by atoms with Crippen LogP contribution in [0, 0.1) is 6.92 Å². The van der Waals surface area contributed by atoms with Crippen LogP contribution in [0.3, 0.4) is 0 Å². The number of aliphatic hydroxyl groups excluding tert-OH is 1. The Labute approximate surface area is 173 Å². The van der Waals surface area contributed by atoms with E-state index in [4.69, 9.17) is 9.84 Å². The zero-order chi connectivity index (χ0) is 21.7. The van der Waals surface area contributed by atoms with E-state index in [1.165, 1.54) is 4.90 Å². The number of esters is 1. The van der Waals surface area contributed by atoms with Gasteiger partial charge in [-0.25, -0.2) is 9.48 Å². The highest BCUT2D eigenvalue weighted by molar-refractivity contribution is 6.02. The van der Waals surface area contributed by atoms with Gasteiger partial charge in [-0.3, -0.25) is 9.59 Å². The molecule has 0 radical (unpaired) electrons. The van der Waals surface area contributed by atoms with E-state index in [1.54, 1.807) is 31.3 Å². The molecule has 2 aromatic carbocycles. The number of benzene rings is 2. The summed E-state index contributed by atoms with van der Waals surface area (Å²) >= 11 is 0. The zero-order valence-corrected chi connectivity index (χ0v) is 16.9. The summed E-state index contributed by atoms with van der Waals surface area (Å²) in [7, 11) is 1.63. The molecule has 0 spiro atoms. The average molecular weight is 409 g/mol. The van der Waals surface area contributed by atoms with Gasteiger partial charge in [-0.05, 0) is 18.6 Å². The third-order valence-corrected chi connectivity index (χ3v) is 4.67. The van der Waals surface area contributed by atoms with Crippen LogP contribution in [0.2, 0.25) is 0 Å². The van der Waals surface area contributed by atoms with Crippen molar-refractivity contribution in [2.75, 3.05) is 20.3 Å². The molecule has 3 rings (SSSR count). The Hall–Kier alpha value is -3.52. The van der Waals surface area contributed by atoms with E-state index in [0.29, 0.717) is 11.9 Å². The number of carbonyl (C=O) groups is 2. The number of aliphatic hydroxyl groups is 1. The molecule has 0 bridgehead atoms. The van der Waals surface area contributed by atoms with Gasteiger partial charge in [0.25, 0.3) is 11.5 Å². The molecule has 0 aliphatic carbocycles. The van der Waals surface area contributed by atoms with Crippen LogP contribution in [-0.4, -0.2) is 51.9 Å². The molecule has 0 saturated heterocycles. The second-order valence-corrected chi connectivity index (χ2v) is 6.96. The Morgan fingerprint density at radius 2 is 1.77 bits per heavy atom. The lowest BCUT2D eigenvalue weighted by Gasteiger charge is -2.17.